The monoisotopic (exact) mass is 408 g/mol. The van der Waals surface area contributed by atoms with E-state index in [2.05, 4.69) is 9.97 Å². The molecule has 7 heteroatoms. The molecule has 4 rings (SSSR count). The van der Waals surface area contributed by atoms with Crippen LogP contribution in [0.5, 0.6) is 11.5 Å². The van der Waals surface area contributed by atoms with E-state index < -0.39 is 5.97 Å². The van der Waals surface area contributed by atoms with Crippen molar-refractivity contribution >= 4 is 28.6 Å². The van der Waals surface area contributed by atoms with Crippen molar-refractivity contribution in [3.05, 3.63) is 76.8 Å². The molecule has 146 valence electrons. The van der Waals surface area contributed by atoms with Gasteiger partial charge in [0.1, 0.15) is 12.4 Å². The molecule has 0 saturated heterocycles. The molecule has 29 heavy (non-hydrogen) atoms. The van der Waals surface area contributed by atoms with E-state index in [9.17, 15) is 4.79 Å². The highest BCUT2D eigenvalue weighted by molar-refractivity contribution is 6.31. The van der Waals surface area contributed by atoms with Gasteiger partial charge >= 0.3 is 5.97 Å². The molecule has 1 aromatic heterocycles. The number of imidazole rings is 1. The number of nitrogens with one attached hydrogen (secondary N) is 1. The van der Waals surface area contributed by atoms with E-state index in [0.29, 0.717) is 40.0 Å². The van der Waals surface area contributed by atoms with E-state index in [1.807, 2.05) is 36.4 Å². The van der Waals surface area contributed by atoms with Crippen LogP contribution in [0.1, 0.15) is 15.9 Å². The van der Waals surface area contributed by atoms with Crippen molar-refractivity contribution in [2.45, 2.75) is 6.61 Å². The van der Waals surface area contributed by atoms with E-state index in [0.717, 1.165) is 11.1 Å². The number of methoxy groups -OCH3 is 1. The number of nitrogens with zero attached hydrogens (tertiary/aromatic N) is 1. The largest absolute Gasteiger partial charge is 0.493 e. The minimum Gasteiger partial charge on any atom is -0.493 e. The molecule has 4 aromatic rings. The second-order valence-corrected chi connectivity index (χ2v) is 6.78. The van der Waals surface area contributed by atoms with E-state index in [1.165, 1.54) is 6.07 Å². The van der Waals surface area contributed by atoms with Crippen LogP contribution < -0.4 is 9.47 Å². The summed E-state index contributed by atoms with van der Waals surface area (Å²) in [6, 6.07) is 17.8. The van der Waals surface area contributed by atoms with Crippen molar-refractivity contribution in [3.8, 4) is 22.9 Å². The molecule has 0 atom stereocenters. The number of fused-ring (bicyclic) bond motifs is 1. The molecule has 0 unspecified atom stereocenters. The first-order chi connectivity index (χ1) is 14.0. The van der Waals surface area contributed by atoms with Crippen LogP contribution in [-0.4, -0.2) is 28.2 Å². The lowest BCUT2D eigenvalue weighted by Crippen LogP contribution is -1.98. The van der Waals surface area contributed by atoms with E-state index in [-0.39, 0.29) is 5.56 Å². The number of carbonyl (C=O) groups is 1. The highest BCUT2D eigenvalue weighted by atomic mass is 35.5. The summed E-state index contributed by atoms with van der Waals surface area (Å²) in [4.78, 5) is 18.8. The molecule has 0 radical (unpaired) electrons. The summed E-state index contributed by atoms with van der Waals surface area (Å²) in [6.45, 7) is 0.317. The minimum absolute atomic E-state index is 0.202. The Balaban J connectivity index is 1.61. The molecule has 1 heterocycles. The quantitative estimate of drug-likeness (QED) is 0.459. The predicted molar refractivity (Wildman–Crippen MR) is 111 cm³/mol. The summed E-state index contributed by atoms with van der Waals surface area (Å²) >= 11 is 6.18. The molecule has 3 aromatic carbocycles. The average molecular weight is 409 g/mol. The molecule has 0 aliphatic heterocycles. The number of aromatic amines is 1. The number of hydrogen-bond acceptors (Lipinski definition) is 4. The summed E-state index contributed by atoms with van der Waals surface area (Å²) < 4.78 is 11.4. The molecule has 0 aliphatic carbocycles. The van der Waals surface area contributed by atoms with Gasteiger partial charge in [0.2, 0.25) is 0 Å². The van der Waals surface area contributed by atoms with Crippen LogP contribution in [0.4, 0.5) is 0 Å². The van der Waals surface area contributed by atoms with E-state index in [4.69, 9.17) is 26.2 Å². The van der Waals surface area contributed by atoms with Gasteiger partial charge in [-0.1, -0.05) is 29.8 Å². The number of aromatic nitrogens is 2. The van der Waals surface area contributed by atoms with Crippen molar-refractivity contribution in [1.82, 2.24) is 9.97 Å². The minimum atomic E-state index is -0.982. The van der Waals surface area contributed by atoms with Crippen molar-refractivity contribution < 1.29 is 19.4 Å². The molecule has 0 spiro atoms. The zero-order valence-corrected chi connectivity index (χ0v) is 16.2. The molecule has 0 bridgehead atoms. The highest BCUT2D eigenvalue weighted by Gasteiger charge is 2.12. The van der Waals surface area contributed by atoms with Gasteiger partial charge in [-0.15, -0.1) is 0 Å². The van der Waals surface area contributed by atoms with Crippen molar-refractivity contribution in [3.63, 3.8) is 0 Å². The second-order valence-electron chi connectivity index (χ2n) is 6.37. The molecule has 2 N–H and O–H groups in total. The first-order valence-corrected chi connectivity index (χ1v) is 9.20. The predicted octanol–water partition coefficient (Wildman–Crippen LogP) is 5.17. The van der Waals surface area contributed by atoms with Gasteiger partial charge in [-0.05, 0) is 42.5 Å². The van der Waals surface area contributed by atoms with Crippen LogP contribution in [0, 0.1) is 0 Å². The first kappa shape index (κ1) is 18.8. The third-order valence-corrected chi connectivity index (χ3v) is 4.88. The summed E-state index contributed by atoms with van der Waals surface area (Å²) in [5.74, 6) is 0.768. The Hall–Kier alpha value is -3.51. The number of rotatable bonds is 6. The van der Waals surface area contributed by atoms with Gasteiger partial charge in [0, 0.05) is 16.1 Å². The number of carboxylic acids is 1. The fourth-order valence-corrected chi connectivity index (χ4v) is 3.17. The summed E-state index contributed by atoms with van der Waals surface area (Å²) in [7, 11) is 1.57. The average Bonchev–Trinajstić information content (AvgIpc) is 3.16. The first-order valence-electron chi connectivity index (χ1n) is 8.83. The lowest BCUT2D eigenvalue weighted by atomic mass is 10.2. The van der Waals surface area contributed by atoms with Crippen molar-refractivity contribution in [2.24, 2.45) is 0 Å². The molecule has 0 saturated carbocycles. The number of halogens is 1. The molecule has 0 fully saturated rings. The zero-order valence-electron chi connectivity index (χ0n) is 15.5. The van der Waals surface area contributed by atoms with Gasteiger partial charge in [-0.2, -0.15) is 0 Å². The number of hydrogen-bond donors (Lipinski definition) is 2. The van der Waals surface area contributed by atoms with Gasteiger partial charge in [-0.3, -0.25) is 0 Å². The summed E-state index contributed by atoms with van der Waals surface area (Å²) in [5, 5.41) is 9.79. The Labute approximate surface area is 171 Å². The molecule has 0 amide bonds. The summed E-state index contributed by atoms with van der Waals surface area (Å²) in [5.41, 5.74) is 3.21. The van der Waals surface area contributed by atoms with E-state index in [1.54, 1.807) is 25.3 Å². The normalized spacial score (nSPS) is 10.8. The lowest BCUT2D eigenvalue weighted by molar-refractivity contribution is 0.0697. The fourth-order valence-electron chi connectivity index (χ4n) is 2.98. The van der Waals surface area contributed by atoms with Crippen LogP contribution in [0.15, 0.2) is 60.7 Å². The van der Waals surface area contributed by atoms with Gasteiger partial charge in [0.05, 0.1) is 23.7 Å². The number of aromatic carboxylic acids is 1. The number of ether oxygens (including phenoxy) is 2. The Morgan fingerprint density at radius 2 is 1.93 bits per heavy atom. The maximum Gasteiger partial charge on any atom is 0.335 e. The smallest absolute Gasteiger partial charge is 0.335 e. The molecular formula is C22H17ClN2O4. The zero-order chi connectivity index (χ0) is 20.4. The van der Waals surface area contributed by atoms with Crippen LogP contribution in [0.2, 0.25) is 5.02 Å². The van der Waals surface area contributed by atoms with Crippen LogP contribution in [-0.2, 0) is 6.61 Å². The molecular weight excluding hydrogens is 392 g/mol. The van der Waals surface area contributed by atoms with Gasteiger partial charge < -0.3 is 19.6 Å². The Bertz CT molecular complexity index is 1200. The maximum absolute atomic E-state index is 11.2. The topological polar surface area (TPSA) is 84.4 Å². The van der Waals surface area contributed by atoms with E-state index >= 15 is 0 Å². The maximum atomic E-state index is 11.2. The third-order valence-electron chi connectivity index (χ3n) is 4.51. The van der Waals surface area contributed by atoms with Gasteiger partial charge in [0.15, 0.2) is 11.5 Å². The molecule has 6 nitrogen and oxygen atoms in total. The Morgan fingerprint density at radius 1 is 1.10 bits per heavy atom. The second kappa shape index (κ2) is 7.85. The van der Waals surface area contributed by atoms with Crippen LogP contribution >= 0.6 is 11.6 Å². The van der Waals surface area contributed by atoms with Crippen LogP contribution in [0.25, 0.3) is 22.4 Å². The Morgan fingerprint density at radius 3 is 2.69 bits per heavy atom. The van der Waals surface area contributed by atoms with Gasteiger partial charge in [-0.25, -0.2) is 9.78 Å². The van der Waals surface area contributed by atoms with Gasteiger partial charge in [0.25, 0.3) is 0 Å². The number of benzene rings is 3. The fraction of sp³-hybridized carbons (Fsp3) is 0.0909. The van der Waals surface area contributed by atoms with Crippen LogP contribution in [0.3, 0.4) is 0 Å². The standard InChI is InChI=1S/C22H17ClN2O4/c1-28-20-11-13(7-9-19(20)29-12-15-4-2-3-5-16(15)23)21-24-17-8-6-14(22(26)27)10-18(17)25-21/h2-11H,12H2,1H3,(H,24,25)(H,26,27). The SMILES string of the molecule is COc1cc(-c2nc3ccc(C(=O)O)cc3[nH]2)ccc1OCc1ccccc1Cl. The summed E-state index contributed by atoms with van der Waals surface area (Å²) in [6.07, 6.45) is 0. The molecule has 0 aliphatic rings. The lowest BCUT2D eigenvalue weighted by Gasteiger charge is -2.12. The Kier molecular flexibility index (Phi) is 5.10. The third kappa shape index (κ3) is 3.88. The highest BCUT2D eigenvalue weighted by Crippen LogP contribution is 2.33. The number of carboxylic acid groups (broad SMARTS) is 1. The number of H-pyrrole nitrogens is 1. The van der Waals surface area contributed by atoms with Crippen molar-refractivity contribution in [2.75, 3.05) is 7.11 Å². The van der Waals surface area contributed by atoms with Crippen molar-refractivity contribution in [1.29, 1.82) is 0 Å².